The summed E-state index contributed by atoms with van der Waals surface area (Å²) in [5.74, 6) is 1.20. The van der Waals surface area contributed by atoms with Gasteiger partial charge < -0.3 is 19.4 Å². The van der Waals surface area contributed by atoms with Gasteiger partial charge in [-0.05, 0) is 55.2 Å². The summed E-state index contributed by atoms with van der Waals surface area (Å²) in [7, 11) is 1.63. The van der Waals surface area contributed by atoms with Crippen LogP contribution in [0.3, 0.4) is 0 Å². The van der Waals surface area contributed by atoms with Gasteiger partial charge in [0.15, 0.2) is 6.61 Å². The van der Waals surface area contributed by atoms with Crippen LogP contribution in [0.25, 0.3) is 10.9 Å². The molecule has 3 rings (SSSR count). The molecule has 0 fully saturated rings. The van der Waals surface area contributed by atoms with Crippen molar-refractivity contribution < 1.29 is 14.3 Å². The van der Waals surface area contributed by atoms with Crippen LogP contribution in [0.1, 0.15) is 24.5 Å². The Balaban J connectivity index is 1.58. The molecule has 0 spiro atoms. The van der Waals surface area contributed by atoms with Crippen LogP contribution in [-0.4, -0.2) is 30.7 Å². The SMILES string of the molecule is CCCn1c(=O)cc(C)c2ccc(OCC(=O)NCCc3ccc(OC)cc3)cc21. The van der Waals surface area contributed by atoms with Crippen LogP contribution < -0.4 is 20.3 Å². The molecule has 0 radical (unpaired) electrons. The highest BCUT2D eigenvalue weighted by Crippen LogP contribution is 2.22. The fourth-order valence-electron chi connectivity index (χ4n) is 3.41. The van der Waals surface area contributed by atoms with Crippen molar-refractivity contribution in [2.45, 2.75) is 33.2 Å². The van der Waals surface area contributed by atoms with Crippen LogP contribution in [0.4, 0.5) is 0 Å². The average Bonchev–Trinajstić information content (AvgIpc) is 2.75. The van der Waals surface area contributed by atoms with Crippen molar-refractivity contribution in [2.75, 3.05) is 20.3 Å². The number of aromatic nitrogens is 1. The molecule has 0 aliphatic heterocycles. The van der Waals surface area contributed by atoms with Crippen LogP contribution in [-0.2, 0) is 17.8 Å². The Bertz CT molecular complexity index is 1070. The average molecular weight is 408 g/mol. The lowest BCUT2D eigenvalue weighted by atomic mass is 10.1. The molecule has 0 atom stereocenters. The van der Waals surface area contributed by atoms with E-state index in [0.717, 1.165) is 40.6 Å². The fourth-order valence-corrected chi connectivity index (χ4v) is 3.41. The van der Waals surface area contributed by atoms with E-state index in [9.17, 15) is 9.59 Å². The van der Waals surface area contributed by atoms with Crippen LogP contribution in [0.2, 0.25) is 0 Å². The van der Waals surface area contributed by atoms with Gasteiger partial charge in [0.05, 0.1) is 12.6 Å². The van der Waals surface area contributed by atoms with Gasteiger partial charge in [0.2, 0.25) is 0 Å². The molecule has 0 aliphatic rings. The first-order chi connectivity index (χ1) is 14.5. The quantitative estimate of drug-likeness (QED) is 0.589. The van der Waals surface area contributed by atoms with Gasteiger partial charge in [-0.1, -0.05) is 19.1 Å². The van der Waals surface area contributed by atoms with Crippen molar-refractivity contribution in [3.8, 4) is 11.5 Å². The Kier molecular flexibility index (Phi) is 7.12. The topological polar surface area (TPSA) is 69.6 Å². The molecule has 0 saturated heterocycles. The monoisotopic (exact) mass is 408 g/mol. The predicted molar refractivity (Wildman–Crippen MR) is 118 cm³/mol. The Hall–Kier alpha value is -3.28. The van der Waals surface area contributed by atoms with Gasteiger partial charge in [0.25, 0.3) is 11.5 Å². The summed E-state index contributed by atoms with van der Waals surface area (Å²) in [5, 5.41) is 3.88. The van der Waals surface area contributed by atoms with Gasteiger partial charge in [0, 0.05) is 30.6 Å². The highest BCUT2D eigenvalue weighted by molar-refractivity contribution is 5.84. The maximum atomic E-state index is 12.3. The molecule has 0 aliphatic carbocycles. The summed E-state index contributed by atoms with van der Waals surface area (Å²) in [6, 6.07) is 15.0. The molecule has 2 aromatic carbocycles. The van der Waals surface area contributed by atoms with E-state index in [1.54, 1.807) is 17.7 Å². The third-order valence-electron chi connectivity index (χ3n) is 5.00. The summed E-state index contributed by atoms with van der Waals surface area (Å²) in [6.45, 7) is 5.07. The molecule has 6 nitrogen and oxygen atoms in total. The van der Waals surface area contributed by atoms with E-state index in [1.807, 2.05) is 56.3 Å². The number of ether oxygens (including phenoxy) is 2. The van der Waals surface area contributed by atoms with E-state index in [2.05, 4.69) is 5.32 Å². The Morgan fingerprint density at radius 3 is 2.50 bits per heavy atom. The fraction of sp³-hybridized carbons (Fsp3) is 0.333. The van der Waals surface area contributed by atoms with Crippen LogP contribution >= 0.6 is 0 Å². The second-order valence-electron chi connectivity index (χ2n) is 7.23. The van der Waals surface area contributed by atoms with E-state index >= 15 is 0 Å². The summed E-state index contributed by atoms with van der Waals surface area (Å²) in [4.78, 5) is 24.5. The van der Waals surface area contributed by atoms with Crippen molar-refractivity contribution in [3.63, 3.8) is 0 Å². The molecular formula is C24H28N2O4. The number of aryl methyl sites for hydroxylation is 2. The summed E-state index contributed by atoms with van der Waals surface area (Å²) in [5.41, 5.74) is 2.87. The number of pyridine rings is 1. The number of carbonyl (C=O) groups excluding carboxylic acids is 1. The highest BCUT2D eigenvalue weighted by Gasteiger charge is 2.09. The second-order valence-corrected chi connectivity index (χ2v) is 7.23. The Morgan fingerprint density at radius 2 is 1.80 bits per heavy atom. The zero-order valence-electron chi connectivity index (χ0n) is 17.7. The van der Waals surface area contributed by atoms with Gasteiger partial charge in [-0.25, -0.2) is 0 Å². The third kappa shape index (κ3) is 5.20. The molecule has 1 N–H and O–H groups in total. The van der Waals surface area contributed by atoms with E-state index in [-0.39, 0.29) is 18.1 Å². The Morgan fingerprint density at radius 1 is 1.07 bits per heavy atom. The molecule has 1 aromatic heterocycles. The number of nitrogens with one attached hydrogen (secondary N) is 1. The van der Waals surface area contributed by atoms with E-state index in [1.165, 1.54) is 0 Å². The maximum absolute atomic E-state index is 12.3. The number of rotatable bonds is 9. The standard InChI is InChI=1S/C24H28N2O4/c1-4-13-26-22-15-20(9-10-21(22)17(2)14-24(26)28)30-16-23(27)25-12-11-18-5-7-19(29-3)8-6-18/h5-10,14-15H,4,11-13,16H2,1-3H3,(H,25,27). The molecule has 1 heterocycles. The lowest BCUT2D eigenvalue weighted by Crippen LogP contribution is -2.30. The number of benzene rings is 2. The number of hydrogen-bond donors (Lipinski definition) is 1. The van der Waals surface area contributed by atoms with Crippen molar-refractivity contribution in [3.05, 3.63) is 70.0 Å². The number of hydrogen-bond acceptors (Lipinski definition) is 4. The number of methoxy groups -OCH3 is 1. The first-order valence-corrected chi connectivity index (χ1v) is 10.2. The highest BCUT2D eigenvalue weighted by atomic mass is 16.5. The van der Waals surface area contributed by atoms with Crippen molar-refractivity contribution in [1.29, 1.82) is 0 Å². The predicted octanol–water partition coefficient (Wildman–Crippen LogP) is 3.47. The van der Waals surface area contributed by atoms with E-state index in [0.29, 0.717) is 18.8 Å². The van der Waals surface area contributed by atoms with Crippen molar-refractivity contribution in [2.24, 2.45) is 0 Å². The molecule has 158 valence electrons. The summed E-state index contributed by atoms with van der Waals surface area (Å²) >= 11 is 0. The van der Waals surface area contributed by atoms with E-state index in [4.69, 9.17) is 9.47 Å². The second kappa shape index (κ2) is 9.96. The number of nitrogens with zero attached hydrogens (tertiary/aromatic N) is 1. The van der Waals surface area contributed by atoms with Gasteiger partial charge in [-0.15, -0.1) is 0 Å². The van der Waals surface area contributed by atoms with Crippen LogP contribution in [0.5, 0.6) is 11.5 Å². The largest absolute Gasteiger partial charge is 0.497 e. The molecule has 0 unspecified atom stereocenters. The van der Waals surface area contributed by atoms with Gasteiger partial charge in [-0.2, -0.15) is 0 Å². The third-order valence-corrected chi connectivity index (χ3v) is 5.00. The summed E-state index contributed by atoms with van der Waals surface area (Å²) < 4.78 is 12.6. The normalized spacial score (nSPS) is 10.8. The first-order valence-electron chi connectivity index (χ1n) is 10.2. The molecule has 0 saturated carbocycles. The molecule has 30 heavy (non-hydrogen) atoms. The minimum atomic E-state index is -0.182. The molecule has 1 amide bonds. The molecule has 3 aromatic rings. The number of fused-ring (bicyclic) bond motifs is 1. The number of amides is 1. The van der Waals surface area contributed by atoms with Crippen molar-refractivity contribution >= 4 is 16.8 Å². The molecular weight excluding hydrogens is 380 g/mol. The minimum absolute atomic E-state index is 0.0183. The van der Waals surface area contributed by atoms with Gasteiger partial charge in [0.1, 0.15) is 11.5 Å². The Labute approximate surface area is 176 Å². The molecule has 0 bridgehead atoms. The van der Waals surface area contributed by atoms with Crippen molar-refractivity contribution in [1.82, 2.24) is 9.88 Å². The van der Waals surface area contributed by atoms with Crippen LogP contribution in [0, 0.1) is 6.92 Å². The van der Waals surface area contributed by atoms with Gasteiger partial charge in [-0.3, -0.25) is 9.59 Å². The van der Waals surface area contributed by atoms with E-state index < -0.39 is 0 Å². The number of carbonyl (C=O) groups is 1. The summed E-state index contributed by atoms with van der Waals surface area (Å²) in [6.07, 6.45) is 1.59. The smallest absolute Gasteiger partial charge is 0.257 e. The molecule has 6 heteroatoms. The minimum Gasteiger partial charge on any atom is -0.497 e. The lowest BCUT2D eigenvalue weighted by molar-refractivity contribution is -0.123. The maximum Gasteiger partial charge on any atom is 0.257 e. The van der Waals surface area contributed by atoms with Crippen LogP contribution in [0.15, 0.2) is 53.3 Å². The first kappa shape index (κ1) is 21.4. The zero-order chi connectivity index (χ0) is 21.5. The zero-order valence-corrected chi connectivity index (χ0v) is 17.7. The van der Waals surface area contributed by atoms with Gasteiger partial charge >= 0.3 is 0 Å². The lowest BCUT2D eigenvalue weighted by Gasteiger charge is -2.13.